The van der Waals surface area contributed by atoms with Crippen molar-refractivity contribution < 1.29 is 14.3 Å². The second kappa shape index (κ2) is 8.08. The summed E-state index contributed by atoms with van der Waals surface area (Å²) in [6.07, 6.45) is 0. The van der Waals surface area contributed by atoms with Crippen LogP contribution >= 0.6 is 22.9 Å². The molecule has 2 rings (SSSR count). The number of ether oxygens (including phenoxy) is 2. The Balaban J connectivity index is 2.02. The van der Waals surface area contributed by atoms with Crippen molar-refractivity contribution in [2.75, 3.05) is 26.1 Å². The first-order valence-corrected chi connectivity index (χ1v) is 8.30. The number of benzene rings is 1. The average Bonchev–Trinajstić information content (AvgIpc) is 2.93. The van der Waals surface area contributed by atoms with Gasteiger partial charge in [0.1, 0.15) is 0 Å². The molecule has 0 saturated carbocycles. The predicted molar refractivity (Wildman–Crippen MR) is 94.0 cm³/mol. The Hall–Kier alpha value is -1.92. The van der Waals surface area contributed by atoms with E-state index in [-0.39, 0.29) is 6.03 Å². The highest BCUT2D eigenvalue weighted by molar-refractivity contribution is 7.16. The van der Waals surface area contributed by atoms with Crippen molar-refractivity contribution in [2.45, 2.75) is 13.5 Å². The zero-order valence-corrected chi connectivity index (χ0v) is 14.8. The van der Waals surface area contributed by atoms with Gasteiger partial charge in [-0.1, -0.05) is 11.6 Å². The number of carbonyl (C=O) groups is 1. The van der Waals surface area contributed by atoms with Crippen LogP contribution in [0.25, 0.3) is 0 Å². The molecule has 0 atom stereocenters. The molecule has 0 spiro atoms. The number of nitrogens with one attached hydrogen (secondary N) is 1. The van der Waals surface area contributed by atoms with Crippen LogP contribution in [0.15, 0.2) is 30.3 Å². The van der Waals surface area contributed by atoms with E-state index in [1.165, 1.54) is 11.3 Å². The Morgan fingerprint density at radius 2 is 2.09 bits per heavy atom. The summed E-state index contributed by atoms with van der Waals surface area (Å²) >= 11 is 7.36. The molecule has 0 fully saturated rings. The molecule has 1 aromatic heterocycles. The van der Waals surface area contributed by atoms with Gasteiger partial charge in [-0.2, -0.15) is 0 Å². The lowest BCUT2D eigenvalue weighted by Gasteiger charge is -2.18. The Morgan fingerprint density at radius 1 is 1.30 bits per heavy atom. The molecule has 23 heavy (non-hydrogen) atoms. The number of nitrogens with zero attached hydrogens (tertiary/aromatic N) is 1. The predicted octanol–water partition coefficient (Wildman–Crippen LogP) is 4.47. The molecule has 1 N–H and O–H groups in total. The van der Waals surface area contributed by atoms with Gasteiger partial charge in [0.15, 0.2) is 11.5 Å². The van der Waals surface area contributed by atoms with Gasteiger partial charge in [-0.05, 0) is 31.2 Å². The molecule has 0 aliphatic carbocycles. The summed E-state index contributed by atoms with van der Waals surface area (Å²) in [5.41, 5.74) is 0.648. The van der Waals surface area contributed by atoms with Crippen molar-refractivity contribution in [2.24, 2.45) is 0 Å². The monoisotopic (exact) mass is 354 g/mol. The lowest BCUT2D eigenvalue weighted by Crippen LogP contribution is -2.30. The number of anilines is 1. The van der Waals surface area contributed by atoms with E-state index in [1.807, 2.05) is 19.1 Å². The number of hydrogen-bond donors (Lipinski definition) is 1. The molecule has 0 aliphatic heterocycles. The van der Waals surface area contributed by atoms with Crippen LogP contribution in [0.5, 0.6) is 11.5 Å². The topological polar surface area (TPSA) is 50.8 Å². The third-order valence-electron chi connectivity index (χ3n) is 3.08. The number of hydrogen-bond acceptors (Lipinski definition) is 4. The first kappa shape index (κ1) is 17.4. The van der Waals surface area contributed by atoms with Crippen LogP contribution in [0.1, 0.15) is 11.8 Å². The SMILES string of the molecule is CCOc1cc(NC(=O)N(C)Cc2ccc(Cl)s2)ccc1OC. The van der Waals surface area contributed by atoms with E-state index in [1.54, 1.807) is 37.3 Å². The summed E-state index contributed by atoms with van der Waals surface area (Å²) in [7, 11) is 3.31. The molecule has 0 saturated heterocycles. The highest BCUT2D eigenvalue weighted by atomic mass is 35.5. The van der Waals surface area contributed by atoms with Crippen molar-refractivity contribution in [3.05, 3.63) is 39.5 Å². The molecule has 7 heteroatoms. The first-order valence-electron chi connectivity index (χ1n) is 7.10. The van der Waals surface area contributed by atoms with Gasteiger partial charge in [-0.25, -0.2) is 4.79 Å². The van der Waals surface area contributed by atoms with Gasteiger partial charge in [0.25, 0.3) is 0 Å². The Labute approximate surface area is 144 Å². The maximum Gasteiger partial charge on any atom is 0.321 e. The first-order chi connectivity index (χ1) is 11.0. The van der Waals surface area contributed by atoms with Crippen LogP contribution in [-0.2, 0) is 6.54 Å². The molecule has 0 radical (unpaired) electrons. The molecular formula is C16H19ClN2O3S. The minimum Gasteiger partial charge on any atom is -0.493 e. The van der Waals surface area contributed by atoms with E-state index in [2.05, 4.69) is 5.32 Å². The Morgan fingerprint density at radius 3 is 2.70 bits per heavy atom. The molecule has 2 amide bonds. The van der Waals surface area contributed by atoms with Crippen LogP contribution in [0.4, 0.5) is 10.5 Å². The quantitative estimate of drug-likeness (QED) is 0.832. The second-order valence-corrected chi connectivity index (χ2v) is 6.59. The van der Waals surface area contributed by atoms with Crippen LogP contribution in [0, 0.1) is 0 Å². The van der Waals surface area contributed by atoms with Gasteiger partial charge < -0.3 is 19.7 Å². The molecule has 5 nitrogen and oxygen atoms in total. The second-order valence-electron chi connectivity index (χ2n) is 4.79. The maximum atomic E-state index is 12.3. The normalized spacial score (nSPS) is 10.3. The van der Waals surface area contributed by atoms with Crippen LogP contribution < -0.4 is 14.8 Å². The largest absolute Gasteiger partial charge is 0.493 e. The van der Waals surface area contributed by atoms with Crippen molar-refractivity contribution in [1.82, 2.24) is 4.90 Å². The van der Waals surface area contributed by atoms with Crippen molar-refractivity contribution in [3.8, 4) is 11.5 Å². The minimum absolute atomic E-state index is 0.206. The Kier molecular flexibility index (Phi) is 6.12. The third kappa shape index (κ3) is 4.77. The molecule has 0 unspecified atom stereocenters. The molecule has 124 valence electrons. The average molecular weight is 355 g/mol. The number of thiophene rings is 1. The van der Waals surface area contributed by atoms with E-state index >= 15 is 0 Å². The van der Waals surface area contributed by atoms with Gasteiger partial charge in [0.2, 0.25) is 0 Å². The maximum absolute atomic E-state index is 12.3. The lowest BCUT2D eigenvalue weighted by molar-refractivity contribution is 0.221. The van der Waals surface area contributed by atoms with Crippen molar-refractivity contribution in [3.63, 3.8) is 0 Å². The molecule has 1 aromatic carbocycles. The summed E-state index contributed by atoms with van der Waals surface area (Å²) in [6.45, 7) is 2.91. The smallest absolute Gasteiger partial charge is 0.321 e. The minimum atomic E-state index is -0.206. The number of halogens is 1. The summed E-state index contributed by atoms with van der Waals surface area (Å²) < 4.78 is 11.4. The fraction of sp³-hybridized carbons (Fsp3) is 0.312. The Bertz CT molecular complexity index is 675. The number of amides is 2. The van der Waals surface area contributed by atoms with E-state index in [0.29, 0.717) is 34.7 Å². The van der Waals surface area contributed by atoms with Crippen LogP contribution in [0.3, 0.4) is 0 Å². The summed E-state index contributed by atoms with van der Waals surface area (Å²) in [4.78, 5) is 14.9. The standard InChI is InChI=1S/C16H19ClN2O3S/c1-4-22-14-9-11(5-7-13(14)21-3)18-16(20)19(2)10-12-6-8-15(17)23-12/h5-9H,4,10H2,1-3H3,(H,18,20). The zero-order valence-electron chi connectivity index (χ0n) is 13.3. The fourth-order valence-electron chi connectivity index (χ4n) is 1.98. The summed E-state index contributed by atoms with van der Waals surface area (Å²) in [5.74, 6) is 1.23. The molecule has 2 aromatic rings. The zero-order chi connectivity index (χ0) is 16.8. The van der Waals surface area contributed by atoms with Crippen LogP contribution in [-0.4, -0.2) is 31.7 Å². The molecule has 0 aliphatic rings. The number of urea groups is 1. The number of carbonyl (C=O) groups excluding carboxylic acids is 1. The van der Waals surface area contributed by atoms with Gasteiger partial charge in [0, 0.05) is 23.7 Å². The van der Waals surface area contributed by atoms with E-state index in [4.69, 9.17) is 21.1 Å². The van der Waals surface area contributed by atoms with E-state index < -0.39 is 0 Å². The fourth-order valence-corrected chi connectivity index (χ4v) is 3.13. The van der Waals surface area contributed by atoms with Crippen molar-refractivity contribution >= 4 is 34.7 Å². The molecule has 0 bridgehead atoms. The van der Waals surface area contributed by atoms with E-state index in [0.717, 1.165) is 4.88 Å². The summed E-state index contributed by atoms with van der Waals surface area (Å²) in [6, 6.07) is 8.81. The summed E-state index contributed by atoms with van der Waals surface area (Å²) in [5, 5.41) is 2.84. The van der Waals surface area contributed by atoms with Crippen LogP contribution in [0.2, 0.25) is 4.34 Å². The lowest BCUT2D eigenvalue weighted by atomic mass is 10.2. The number of rotatable bonds is 6. The van der Waals surface area contributed by atoms with Crippen molar-refractivity contribution in [1.29, 1.82) is 0 Å². The van der Waals surface area contributed by atoms with Gasteiger partial charge in [-0.3, -0.25) is 0 Å². The number of methoxy groups -OCH3 is 1. The van der Waals surface area contributed by atoms with Gasteiger partial charge >= 0.3 is 6.03 Å². The highest BCUT2D eigenvalue weighted by Crippen LogP contribution is 2.30. The van der Waals surface area contributed by atoms with Gasteiger partial charge in [0.05, 0.1) is 24.6 Å². The van der Waals surface area contributed by atoms with Gasteiger partial charge in [-0.15, -0.1) is 11.3 Å². The third-order valence-corrected chi connectivity index (χ3v) is 4.30. The molecule has 1 heterocycles. The highest BCUT2D eigenvalue weighted by Gasteiger charge is 2.12. The molecular weight excluding hydrogens is 336 g/mol. The van der Waals surface area contributed by atoms with E-state index in [9.17, 15) is 4.79 Å².